The molecule has 0 aromatic heterocycles. The molecule has 0 heterocycles. The molecule has 0 radical (unpaired) electrons. The van der Waals surface area contributed by atoms with E-state index in [2.05, 4.69) is 16.6 Å². The highest BCUT2D eigenvalue weighted by atomic mass is 32.2. The summed E-state index contributed by atoms with van der Waals surface area (Å²) in [6.07, 6.45) is 6.58. The van der Waals surface area contributed by atoms with Crippen LogP contribution in [0.1, 0.15) is 45.4 Å². The number of rotatable bonds is 10. The molecule has 0 atom stereocenters. The topological polar surface area (TPSA) is 83.6 Å². The number of nitrogens with zero attached hydrogens (tertiary/aromatic N) is 2. The third-order valence-corrected chi connectivity index (χ3v) is 4.85. The van der Waals surface area contributed by atoms with E-state index in [0.717, 1.165) is 19.3 Å². The predicted molar refractivity (Wildman–Crippen MR) is 86.3 cm³/mol. The van der Waals surface area contributed by atoms with Crippen molar-refractivity contribution in [1.29, 1.82) is 5.39 Å². The Balaban J connectivity index is 2.55. The molecule has 0 saturated carbocycles. The van der Waals surface area contributed by atoms with Crippen LogP contribution in [0.15, 0.2) is 23.1 Å². The Morgan fingerprint density at radius 1 is 1.18 bits per heavy atom. The predicted octanol–water partition coefficient (Wildman–Crippen LogP) is 3.82. The van der Waals surface area contributed by atoms with Gasteiger partial charge in [0.05, 0.1) is 18.1 Å². The Hall–Kier alpha value is -1.65. The van der Waals surface area contributed by atoms with Gasteiger partial charge in [0.1, 0.15) is 0 Å². The fourth-order valence-electron chi connectivity index (χ4n) is 2.11. The lowest BCUT2D eigenvalue weighted by atomic mass is 10.1. The first kappa shape index (κ1) is 18.4. The molecule has 0 saturated heterocycles. The van der Waals surface area contributed by atoms with E-state index in [9.17, 15) is 8.42 Å². The average Bonchev–Trinajstić information content (AvgIpc) is 2.53. The summed E-state index contributed by atoms with van der Waals surface area (Å²) in [4.78, 5) is 3.10. The molecule has 0 aliphatic carbocycles. The molecule has 0 aliphatic heterocycles. The zero-order valence-electron chi connectivity index (χ0n) is 13.2. The van der Waals surface area contributed by atoms with Crippen molar-refractivity contribution in [2.75, 3.05) is 13.7 Å². The molecular formula is C15H24N3O3S+. The van der Waals surface area contributed by atoms with Crippen LogP contribution in [0.25, 0.3) is 4.98 Å². The molecular weight excluding hydrogens is 302 g/mol. The maximum Gasteiger partial charge on any atom is 0.427 e. The van der Waals surface area contributed by atoms with Gasteiger partial charge < -0.3 is 4.74 Å². The summed E-state index contributed by atoms with van der Waals surface area (Å²) in [5, 5.41) is 8.89. The normalized spacial score (nSPS) is 11.1. The van der Waals surface area contributed by atoms with Crippen molar-refractivity contribution in [3.63, 3.8) is 0 Å². The van der Waals surface area contributed by atoms with Crippen LogP contribution in [0.3, 0.4) is 0 Å². The van der Waals surface area contributed by atoms with Crippen molar-refractivity contribution in [2.24, 2.45) is 0 Å². The SMILES string of the molecule is CCCCCCCCNS(=O)(=O)c1ccc(OC)c([N+]#N)c1. The molecule has 1 aromatic carbocycles. The summed E-state index contributed by atoms with van der Waals surface area (Å²) in [5.41, 5.74) is 0.0879. The molecule has 0 spiro atoms. The molecule has 1 N–H and O–H groups in total. The highest BCUT2D eigenvalue weighted by Gasteiger charge is 2.21. The zero-order valence-corrected chi connectivity index (χ0v) is 14.0. The van der Waals surface area contributed by atoms with E-state index in [1.165, 1.54) is 44.6 Å². The lowest BCUT2D eigenvalue weighted by molar-refractivity contribution is 0.417. The number of hydrogen-bond acceptors (Lipinski definition) is 4. The first-order chi connectivity index (χ1) is 10.5. The number of unbranched alkanes of at least 4 members (excludes halogenated alkanes) is 5. The Kier molecular flexibility index (Phi) is 7.85. The van der Waals surface area contributed by atoms with Crippen molar-refractivity contribution >= 4 is 15.7 Å². The lowest BCUT2D eigenvalue weighted by Crippen LogP contribution is -2.24. The molecule has 0 fully saturated rings. The standard InChI is InChI=1S/C15H24N3O3S/c1-3-4-5-6-7-8-11-17-22(19,20)13-9-10-15(21-2)14(12-13)18-16/h9-10,12,17H,3-8,11H2,1-2H3/q+1. The molecule has 0 aliphatic rings. The van der Waals surface area contributed by atoms with Gasteiger partial charge >= 0.3 is 5.69 Å². The number of diazo groups is 1. The van der Waals surface area contributed by atoms with E-state index >= 15 is 0 Å². The van der Waals surface area contributed by atoms with Crippen LogP contribution in [0.5, 0.6) is 5.75 Å². The number of ether oxygens (including phenoxy) is 1. The van der Waals surface area contributed by atoms with Gasteiger partial charge in [-0.3, -0.25) is 0 Å². The van der Waals surface area contributed by atoms with Gasteiger partial charge in [0.25, 0.3) is 0 Å². The first-order valence-electron chi connectivity index (χ1n) is 7.58. The van der Waals surface area contributed by atoms with E-state index < -0.39 is 10.0 Å². The molecule has 1 rings (SSSR count). The summed E-state index contributed by atoms with van der Waals surface area (Å²) in [5.74, 6) is 0.317. The van der Waals surface area contributed by atoms with Gasteiger partial charge in [-0.15, -0.1) is 0 Å². The fraction of sp³-hybridized carbons (Fsp3) is 0.600. The Bertz CT molecular complexity index is 609. The molecule has 7 heteroatoms. The minimum atomic E-state index is -3.59. The Morgan fingerprint density at radius 3 is 2.50 bits per heavy atom. The third kappa shape index (κ3) is 5.62. The second-order valence-electron chi connectivity index (χ2n) is 5.10. The van der Waals surface area contributed by atoms with Crippen LogP contribution >= 0.6 is 0 Å². The second kappa shape index (κ2) is 9.38. The van der Waals surface area contributed by atoms with Crippen LogP contribution < -0.4 is 9.46 Å². The van der Waals surface area contributed by atoms with Gasteiger partial charge in [-0.25, -0.2) is 13.1 Å². The lowest BCUT2D eigenvalue weighted by Gasteiger charge is -2.06. The van der Waals surface area contributed by atoms with Crippen LogP contribution in [0.2, 0.25) is 0 Å². The summed E-state index contributed by atoms with van der Waals surface area (Å²) in [6, 6.07) is 4.17. The molecule has 6 nitrogen and oxygen atoms in total. The zero-order chi connectivity index (χ0) is 16.4. The molecule has 22 heavy (non-hydrogen) atoms. The molecule has 0 amide bonds. The highest BCUT2D eigenvalue weighted by molar-refractivity contribution is 7.89. The fourth-order valence-corrected chi connectivity index (χ4v) is 3.20. The van der Waals surface area contributed by atoms with Gasteiger partial charge in [0, 0.05) is 6.54 Å². The smallest absolute Gasteiger partial charge is 0.427 e. The summed E-state index contributed by atoms with van der Waals surface area (Å²) >= 11 is 0. The molecule has 1 aromatic rings. The maximum absolute atomic E-state index is 12.2. The van der Waals surface area contributed by atoms with E-state index in [1.54, 1.807) is 0 Å². The van der Waals surface area contributed by atoms with Crippen molar-refractivity contribution in [3.05, 3.63) is 23.2 Å². The van der Waals surface area contributed by atoms with Gasteiger partial charge in [-0.05, 0) is 18.6 Å². The van der Waals surface area contributed by atoms with Crippen molar-refractivity contribution in [1.82, 2.24) is 4.72 Å². The van der Waals surface area contributed by atoms with Gasteiger partial charge in [-0.2, -0.15) is 0 Å². The summed E-state index contributed by atoms with van der Waals surface area (Å²) in [6.45, 7) is 2.57. The largest absolute Gasteiger partial charge is 0.489 e. The van der Waals surface area contributed by atoms with Crippen molar-refractivity contribution < 1.29 is 13.2 Å². The number of nitrogens with one attached hydrogen (secondary N) is 1. The van der Waals surface area contributed by atoms with Crippen LogP contribution in [0.4, 0.5) is 5.69 Å². The van der Waals surface area contributed by atoms with E-state index in [-0.39, 0.29) is 10.6 Å². The monoisotopic (exact) mass is 326 g/mol. The molecule has 122 valence electrons. The second-order valence-corrected chi connectivity index (χ2v) is 6.87. The van der Waals surface area contributed by atoms with Gasteiger partial charge in [-0.1, -0.05) is 39.0 Å². The minimum absolute atomic E-state index is 0.0621. The van der Waals surface area contributed by atoms with Crippen LogP contribution in [-0.4, -0.2) is 22.1 Å². The minimum Gasteiger partial charge on any atom is -0.489 e. The van der Waals surface area contributed by atoms with Crippen LogP contribution in [-0.2, 0) is 10.0 Å². The quantitative estimate of drug-likeness (QED) is 0.523. The van der Waals surface area contributed by atoms with Gasteiger partial charge in [0.15, 0.2) is 4.98 Å². The number of hydrogen-bond donors (Lipinski definition) is 1. The number of benzene rings is 1. The van der Waals surface area contributed by atoms with Gasteiger partial charge in [0.2, 0.25) is 21.2 Å². The van der Waals surface area contributed by atoms with Crippen LogP contribution in [0, 0.1) is 5.39 Å². The first-order valence-corrected chi connectivity index (χ1v) is 9.06. The van der Waals surface area contributed by atoms with E-state index in [0.29, 0.717) is 12.3 Å². The molecule has 0 unspecified atom stereocenters. The van der Waals surface area contributed by atoms with E-state index in [4.69, 9.17) is 10.1 Å². The van der Waals surface area contributed by atoms with Crippen molar-refractivity contribution in [3.8, 4) is 5.75 Å². The Labute approximate surface area is 132 Å². The number of sulfonamides is 1. The number of methoxy groups -OCH3 is 1. The highest BCUT2D eigenvalue weighted by Crippen LogP contribution is 2.29. The van der Waals surface area contributed by atoms with E-state index in [1.807, 2.05) is 0 Å². The summed E-state index contributed by atoms with van der Waals surface area (Å²) < 4.78 is 31.9. The maximum atomic E-state index is 12.2. The summed E-state index contributed by atoms with van der Waals surface area (Å²) in [7, 11) is -2.17. The van der Waals surface area contributed by atoms with Crippen molar-refractivity contribution in [2.45, 2.75) is 50.3 Å². The molecule has 0 bridgehead atoms. The third-order valence-electron chi connectivity index (χ3n) is 3.39. The average molecular weight is 326 g/mol. The Morgan fingerprint density at radius 2 is 1.86 bits per heavy atom.